The van der Waals surface area contributed by atoms with Gasteiger partial charge in [-0.15, -0.1) is 0 Å². The fraction of sp³-hybridized carbons (Fsp3) is 0.571. The molecule has 1 N–H and O–H groups in total. The van der Waals surface area contributed by atoms with Gasteiger partial charge in [-0.2, -0.15) is 0 Å². The first-order chi connectivity index (χ1) is 9.25. The van der Waals surface area contributed by atoms with Crippen molar-refractivity contribution in [3.63, 3.8) is 0 Å². The summed E-state index contributed by atoms with van der Waals surface area (Å²) in [6, 6.07) is 3.24. The van der Waals surface area contributed by atoms with Crippen molar-refractivity contribution in [2.24, 2.45) is 0 Å². The molecule has 0 saturated heterocycles. The van der Waals surface area contributed by atoms with Crippen molar-refractivity contribution in [3.8, 4) is 0 Å². The standard InChI is InChI=1S/C14H22N2O4/c1-5-15(9-11-7-6-8-20-11)13(19)16(10-12(17)18)14(2,3)4/h6-8H,5,9-10H2,1-4H3,(H,17,18). The Hall–Kier alpha value is -1.98. The number of carbonyl (C=O) groups is 2. The number of nitrogens with zero attached hydrogens (tertiary/aromatic N) is 2. The molecule has 1 heterocycles. The van der Waals surface area contributed by atoms with Crippen LogP contribution in [0.5, 0.6) is 0 Å². The fourth-order valence-corrected chi connectivity index (χ4v) is 1.80. The molecule has 0 atom stereocenters. The minimum atomic E-state index is -1.03. The van der Waals surface area contributed by atoms with Gasteiger partial charge < -0.3 is 19.3 Å². The lowest BCUT2D eigenvalue weighted by Crippen LogP contribution is -2.53. The predicted molar refractivity (Wildman–Crippen MR) is 74.3 cm³/mol. The zero-order valence-corrected chi connectivity index (χ0v) is 12.4. The topological polar surface area (TPSA) is 74.0 Å². The van der Waals surface area contributed by atoms with Crippen molar-refractivity contribution in [3.05, 3.63) is 24.2 Å². The summed E-state index contributed by atoms with van der Waals surface area (Å²) < 4.78 is 5.23. The number of urea groups is 1. The van der Waals surface area contributed by atoms with Gasteiger partial charge in [-0.25, -0.2) is 4.79 Å². The Morgan fingerprint density at radius 2 is 2.00 bits per heavy atom. The summed E-state index contributed by atoms with van der Waals surface area (Å²) in [5.41, 5.74) is -0.563. The summed E-state index contributed by atoms with van der Waals surface area (Å²) in [4.78, 5) is 26.4. The Balaban J connectivity index is 2.87. The molecule has 0 aliphatic carbocycles. The molecule has 0 bridgehead atoms. The van der Waals surface area contributed by atoms with Gasteiger partial charge in [-0.1, -0.05) is 0 Å². The quantitative estimate of drug-likeness (QED) is 0.900. The van der Waals surface area contributed by atoms with Gasteiger partial charge in [0.1, 0.15) is 12.3 Å². The van der Waals surface area contributed by atoms with Crippen molar-refractivity contribution in [2.75, 3.05) is 13.1 Å². The van der Waals surface area contributed by atoms with E-state index in [1.54, 1.807) is 23.3 Å². The summed E-state index contributed by atoms with van der Waals surface area (Å²) in [6.07, 6.45) is 1.55. The molecule has 20 heavy (non-hydrogen) atoms. The van der Waals surface area contributed by atoms with Crippen molar-refractivity contribution in [1.82, 2.24) is 9.80 Å². The number of carboxylic acids is 1. The molecule has 0 saturated carbocycles. The van der Waals surface area contributed by atoms with Crippen LogP contribution in [0.2, 0.25) is 0 Å². The molecule has 112 valence electrons. The second-order valence-corrected chi connectivity index (χ2v) is 5.53. The number of hydrogen-bond acceptors (Lipinski definition) is 3. The average molecular weight is 282 g/mol. The molecule has 0 aliphatic rings. The molecule has 0 unspecified atom stereocenters. The molecule has 1 aromatic rings. The summed E-state index contributed by atoms with van der Waals surface area (Å²) in [5.74, 6) is -0.355. The zero-order valence-electron chi connectivity index (χ0n) is 12.4. The third kappa shape index (κ3) is 4.29. The first-order valence-corrected chi connectivity index (χ1v) is 6.56. The van der Waals surface area contributed by atoms with Crippen LogP contribution in [0, 0.1) is 0 Å². The number of furan rings is 1. The summed E-state index contributed by atoms with van der Waals surface area (Å²) >= 11 is 0. The van der Waals surface area contributed by atoms with Crippen LogP contribution in [-0.4, -0.2) is 45.5 Å². The van der Waals surface area contributed by atoms with E-state index in [-0.39, 0.29) is 12.6 Å². The molecule has 0 aromatic carbocycles. The van der Waals surface area contributed by atoms with Gasteiger partial charge >= 0.3 is 12.0 Å². The Morgan fingerprint density at radius 1 is 1.35 bits per heavy atom. The highest BCUT2D eigenvalue weighted by Gasteiger charge is 2.31. The van der Waals surface area contributed by atoms with E-state index in [4.69, 9.17) is 9.52 Å². The second-order valence-electron chi connectivity index (χ2n) is 5.53. The molecular formula is C14H22N2O4. The normalized spacial score (nSPS) is 11.2. The maximum atomic E-state index is 12.5. The SMILES string of the molecule is CCN(Cc1ccco1)C(=O)N(CC(=O)O)C(C)(C)C. The molecule has 6 nitrogen and oxygen atoms in total. The maximum Gasteiger partial charge on any atom is 0.323 e. The van der Waals surface area contributed by atoms with E-state index in [1.807, 2.05) is 27.7 Å². The molecule has 0 aliphatic heterocycles. The third-order valence-electron chi connectivity index (χ3n) is 2.91. The minimum absolute atomic E-state index is 0.307. The first kappa shape index (κ1) is 16.1. The molecule has 0 fully saturated rings. The Morgan fingerprint density at radius 3 is 2.40 bits per heavy atom. The number of amides is 2. The Bertz CT molecular complexity index is 448. The lowest BCUT2D eigenvalue weighted by atomic mass is 10.1. The van der Waals surface area contributed by atoms with Crippen LogP contribution in [0.4, 0.5) is 4.79 Å². The van der Waals surface area contributed by atoms with E-state index in [0.717, 1.165) is 0 Å². The number of aliphatic carboxylic acids is 1. The van der Waals surface area contributed by atoms with Crippen LogP contribution in [0.15, 0.2) is 22.8 Å². The number of carboxylic acid groups (broad SMARTS) is 1. The van der Waals surface area contributed by atoms with Crippen LogP contribution in [0.3, 0.4) is 0 Å². The second kappa shape index (κ2) is 6.45. The van der Waals surface area contributed by atoms with E-state index in [9.17, 15) is 9.59 Å². The number of hydrogen-bond donors (Lipinski definition) is 1. The minimum Gasteiger partial charge on any atom is -0.480 e. The Labute approximate surface area is 119 Å². The lowest BCUT2D eigenvalue weighted by molar-refractivity contribution is -0.138. The predicted octanol–water partition coefficient (Wildman–Crippen LogP) is 2.41. The summed E-state index contributed by atoms with van der Waals surface area (Å²) in [7, 11) is 0. The molecule has 1 rings (SSSR count). The van der Waals surface area contributed by atoms with Gasteiger partial charge in [0.25, 0.3) is 0 Å². The van der Waals surface area contributed by atoms with E-state index < -0.39 is 11.5 Å². The van der Waals surface area contributed by atoms with E-state index in [2.05, 4.69) is 0 Å². The van der Waals surface area contributed by atoms with Crippen LogP contribution in [-0.2, 0) is 11.3 Å². The molecule has 2 amide bonds. The van der Waals surface area contributed by atoms with Crippen molar-refractivity contribution >= 4 is 12.0 Å². The van der Waals surface area contributed by atoms with E-state index in [1.165, 1.54) is 4.90 Å². The van der Waals surface area contributed by atoms with Crippen LogP contribution in [0.25, 0.3) is 0 Å². The van der Waals surface area contributed by atoms with Crippen LogP contribution < -0.4 is 0 Å². The monoisotopic (exact) mass is 282 g/mol. The van der Waals surface area contributed by atoms with Crippen LogP contribution in [0.1, 0.15) is 33.5 Å². The largest absolute Gasteiger partial charge is 0.480 e. The van der Waals surface area contributed by atoms with Gasteiger partial charge in [0.2, 0.25) is 0 Å². The number of carbonyl (C=O) groups excluding carboxylic acids is 1. The van der Waals surface area contributed by atoms with Gasteiger partial charge in [0, 0.05) is 12.1 Å². The highest BCUT2D eigenvalue weighted by atomic mass is 16.4. The fourth-order valence-electron chi connectivity index (χ4n) is 1.80. The lowest BCUT2D eigenvalue weighted by Gasteiger charge is -2.37. The van der Waals surface area contributed by atoms with Crippen LogP contribution >= 0.6 is 0 Å². The average Bonchev–Trinajstić information content (AvgIpc) is 2.83. The van der Waals surface area contributed by atoms with Gasteiger partial charge in [-0.05, 0) is 39.8 Å². The molecule has 0 spiro atoms. The van der Waals surface area contributed by atoms with Crippen molar-refractivity contribution in [2.45, 2.75) is 39.8 Å². The third-order valence-corrected chi connectivity index (χ3v) is 2.91. The molecule has 0 radical (unpaired) electrons. The van der Waals surface area contributed by atoms with Gasteiger partial charge in [0.15, 0.2) is 0 Å². The molecule has 1 aromatic heterocycles. The maximum absolute atomic E-state index is 12.5. The number of rotatable bonds is 5. The van der Waals surface area contributed by atoms with E-state index >= 15 is 0 Å². The highest BCUT2D eigenvalue weighted by Crippen LogP contribution is 2.17. The molecular weight excluding hydrogens is 260 g/mol. The van der Waals surface area contributed by atoms with E-state index in [0.29, 0.717) is 18.8 Å². The summed E-state index contributed by atoms with van der Waals surface area (Å²) in [6.45, 7) is 7.78. The zero-order chi connectivity index (χ0) is 15.3. The smallest absolute Gasteiger partial charge is 0.323 e. The van der Waals surface area contributed by atoms with Crippen molar-refractivity contribution < 1.29 is 19.1 Å². The summed E-state index contributed by atoms with van der Waals surface area (Å²) in [5, 5.41) is 8.98. The first-order valence-electron chi connectivity index (χ1n) is 6.56. The Kier molecular flexibility index (Phi) is 5.19. The van der Waals surface area contributed by atoms with Gasteiger partial charge in [0.05, 0.1) is 12.8 Å². The van der Waals surface area contributed by atoms with Crippen molar-refractivity contribution in [1.29, 1.82) is 0 Å². The molecule has 6 heteroatoms. The van der Waals surface area contributed by atoms with Gasteiger partial charge in [-0.3, -0.25) is 4.79 Å². The highest BCUT2D eigenvalue weighted by molar-refractivity contribution is 5.80.